The third kappa shape index (κ3) is 5.04. The molecule has 3 fully saturated rings. The highest BCUT2D eigenvalue weighted by Gasteiger charge is 2.64. The molecule has 2 N–H and O–H groups in total. The molecule has 0 aliphatic carbocycles. The number of fused-ring (bicyclic) bond motifs is 2. The number of ether oxygens (including phenoxy) is 4. The van der Waals surface area contributed by atoms with Crippen LogP contribution in [0.25, 0.3) is 11.2 Å². The molecular formula is C24H25F3N5O9P. The Hall–Kier alpha value is -3.50. The highest BCUT2D eigenvalue weighted by Crippen LogP contribution is 2.58. The standard InChI is InChI=1S/C24H25F3N5O9P/c1-3-35-19-16-18(30-21(28)31-19)32(11-29-16)20-23(2)17(39-22(33)40-23)15(38-20)10-37-42(34)36-8-7-14(41-42)12-5-4-6-13(9-12)24(25,26)27/h4-6,9,11,14-15,17,20H,3,7-8,10H2,1-2H3,(H2,28,30,31)/t14-,15+,17+,20+,23+,42+/m0/s1. The number of hydrogen-bond donors (Lipinski definition) is 1. The molecule has 0 saturated carbocycles. The van der Waals surface area contributed by atoms with Gasteiger partial charge in [0.2, 0.25) is 11.8 Å². The quantitative estimate of drug-likeness (QED) is 0.295. The third-order valence-corrected chi connectivity index (χ3v) is 8.51. The van der Waals surface area contributed by atoms with Crippen molar-refractivity contribution in [2.24, 2.45) is 0 Å². The molecule has 0 amide bonds. The number of benzene rings is 1. The number of aromatic nitrogens is 4. The molecule has 2 aromatic heterocycles. The second kappa shape index (κ2) is 10.3. The number of nitrogens with zero attached hydrogens (tertiary/aromatic N) is 4. The number of rotatable bonds is 7. The summed E-state index contributed by atoms with van der Waals surface area (Å²) in [4.78, 5) is 24.8. The molecule has 3 aliphatic rings. The molecule has 3 aromatic rings. The Bertz CT molecular complexity index is 1570. The van der Waals surface area contributed by atoms with Crippen molar-refractivity contribution in [3.05, 3.63) is 41.7 Å². The lowest BCUT2D eigenvalue weighted by Crippen LogP contribution is -2.42. The molecule has 3 saturated heterocycles. The SMILES string of the molecule is CCOc1nc(N)nc2c1ncn2[C@@H]1O[C@H](CO[P@@]2(=O)OCC[C@@H](c3cccc(C(F)(F)F)c3)O2)[C@H]2OC(=O)O[C@]21C. The maximum atomic E-state index is 13.4. The Labute approximate surface area is 235 Å². The summed E-state index contributed by atoms with van der Waals surface area (Å²) in [6, 6.07) is 4.52. The molecule has 226 valence electrons. The van der Waals surface area contributed by atoms with Crippen LogP contribution >= 0.6 is 7.82 Å². The fourth-order valence-electron chi connectivity index (χ4n) is 5.16. The molecule has 3 aliphatic heterocycles. The molecule has 0 radical (unpaired) electrons. The monoisotopic (exact) mass is 615 g/mol. The minimum absolute atomic E-state index is 0.0908. The average Bonchev–Trinajstić information content (AvgIpc) is 3.56. The number of phosphoric ester groups is 1. The van der Waals surface area contributed by atoms with Gasteiger partial charge in [0, 0.05) is 6.42 Å². The molecule has 14 nitrogen and oxygen atoms in total. The minimum Gasteiger partial charge on any atom is -0.476 e. The Morgan fingerprint density at radius 1 is 1.29 bits per heavy atom. The number of nitrogen functional groups attached to an aromatic ring is 1. The van der Waals surface area contributed by atoms with Gasteiger partial charge in [0.1, 0.15) is 6.10 Å². The van der Waals surface area contributed by atoms with E-state index >= 15 is 0 Å². The van der Waals surface area contributed by atoms with Crippen LogP contribution in [0.3, 0.4) is 0 Å². The van der Waals surface area contributed by atoms with Gasteiger partial charge in [0.15, 0.2) is 29.1 Å². The van der Waals surface area contributed by atoms with Crippen LogP contribution in [0.4, 0.5) is 23.9 Å². The number of alkyl halides is 3. The zero-order chi connectivity index (χ0) is 29.9. The summed E-state index contributed by atoms with van der Waals surface area (Å²) < 4.78 is 93.4. The normalized spacial score (nSPS) is 31.1. The largest absolute Gasteiger partial charge is 0.509 e. The Balaban J connectivity index is 1.22. The first-order valence-electron chi connectivity index (χ1n) is 12.8. The second-order valence-electron chi connectivity index (χ2n) is 9.83. The van der Waals surface area contributed by atoms with Crippen LogP contribution in [0.2, 0.25) is 0 Å². The summed E-state index contributed by atoms with van der Waals surface area (Å²) in [7, 11) is -4.27. The molecular weight excluding hydrogens is 590 g/mol. The predicted molar refractivity (Wildman–Crippen MR) is 134 cm³/mol. The zero-order valence-electron chi connectivity index (χ0n) is 22.1. The van der Waals surface area contributed by atoms with Crippen molar-refractivity contribution in [2.75, 3.05) is 25.6 Å². The molecule has 6 rings (SSSR count). The van der Waals surface area contributed by atoms with Crippen LogP contribution in [0.15, 0.2) is 30.6 Å². The van der Waals surface area contributed by atoms with Gasteiger partial charge in [0.05, 0.1) is 37.8 Å². The van der Waals surface area contributed by atoms with E-state index in [4.69, 9.17) is 38.3 Å². The van der Waals surface area contributed by atoms with Crippen molar-refractivity contribution < 1.29 is 55.0 Å². The van der Waals surface area contributed by atoms with Crippen molar-refractivity contribution in [1.29, 1.82) is 0 Å². The number of nitrogens with two attached hydrogens (primary N) is 1. The lowest BCUT2D eigenvalue weighted by molar-refractivity contribution is -0.137. The first-order chi connectivity index (χ1) is 19.9. The van der Waals surface area contributed by atoms with E-state index in [0.717, 1.165) is 12.1 Å². The van der Waals surface area contributed by atoms with Gasteiger partial charge in [-0.2, -0.15) is 23.1 Å². The first kappa shape index (κ1) is 28.6. The topological polar surface area (TPSA) is 168 Å². The fraction of sp³-hybridized carbons (Fsp3) is 0.500. The third-order valence-electron chi connectivity index (χ3n) is 7.03. The Kier molecular flexibility index (Phi) is 7.05. The summed E-state index contributed by atoms with van der Waals surface area (Å²) >= 11 is 0. The zero-order valence-corrected chi connectivity index (χ0v) is 23.0. The molecule has 0 bridgehead atoms. The van der Waals surface area contributed by atoms with Gasteiger partial charge in [-0.3, -0.25) is 18.1 Å². The van der Waals surface area contributed by atoms with E-state index in [9.17, 15) is 22.5 Å². The van der Waals surface area contributed by atoms with Gasteiger partial charge in [0.25, 0.3) is 0 Å². The number of imidazole rings is 1. The molecule has 1 aromatic carbocycles. The summed E-state index contributed by atoms with van der Waals surface area (Å²) in [5.41, 5.74) is 4.28. The van der Waals surface area contributed by atoms with Crippen LogP contribution < -0.4 is 10.5 Å². The number of hydrogen-bond acceptors (Lipinski definition) is 13. The van der Waals surface area contributed by atoms with Crippen LogP contribution in [0.5, 0.6) is 5.88 Å². The summed E-state index contributed by atoms with van der Waals surface area (Å²) in [6.45, 7) is 3.08. The van der Waals surface area contributed by atoms with Crippen molar-refractivity contribution in [1.82, 2.24) is 19.5 Å². The van der Waals surface area contributed by atoms with Crippen molar-refractivity contribution in [3.8, 4) is 5.88 Å². The van der Waals surface area contributed by atoms with Crippen LogP contribution in [0, 0.1) is 0 Å². The highest BCUT2D eigenvalue weighted by atomic mass is 31.2. The molecule has 5 heterocycles. The Morgan fingerprint density at radius 3 is 2.86 bits per heavy atom. The predicted octanol–water partition coefficient (Wildman–Crippen LogP) is 4.32. The van der Waals surface area contributed by atoms with Gasteiger partial charge >= 0.3 is 20.2 Å². The number of anilines is 1. The maximum Gasteiger partial charge on any atom is 0.509 e. The van der Waals surface area contributed by atoms with Gasteiger partial charge in [-0.15, -0.1) is 0 Å². The summed E-state index contributed by atoms with van der Waals surface area (Å²) in [5.74, 6) is 0.0602. The second-order valence-corrected chi connectivity index (χ2v) is 11.4. The smallest absolute Gasteiger partial charge is 0.476 e. The summed E-state index contributed by atoms with van der Waals surface area (Å²) in [5, 5.41) is 0. The number of carbonyl (C=O) groups excluding carboxylic acids is 1. The van der Waals surface area contributed by atoms with Crippen molar-refractivity contribution in [3.63, 3.8) is 0 Å². The lowest BCUT2D eigenvalue weighted by Gasteiger charge is -2.30. The number of halogens is 3. The van der Waals surface area contributed by atoms with Crippen LogP contribution in [-0.4, -0.2) is 63.3 Å². The van der Waals surface area contributed by atoms with E-state index < -0.39 is 62.5 Å². The molecule has 0 spiro atoms. The van der Waals surface area contributed by atoms with E-state index in [1.165, 1.54) is 23.0 Å². The molecule has 6 atom stereocenters. The van der Waals surface area contributed by atoms with Gasteiger partial charge in [-0.25, -0.2) is 14.3 Å². The van der Waals surface area contributed by atoms with Gasteiger partial charge in [-0.05, 0) is 31.5 Å². The van der Waals surface area contributed by atoms with Gasteiger partial charge in [-0.1, -0.05) is 12.1 Å². The van der Waals surface area contributed by atoms with Gasteiger partial charge < -0.3 is 24.7 Å². The summed E-state index contributed by atoms with van der Waals surface area (Å²) in [6.07, 6.45) is -8.10. The molecule has 0 unspecified atom stereocenters. The van der Waals surface area contributed by atoms with Crippen LogP contribution in [-0.2, 0) is 38.5 Å². The number of carbonyl (C=O) groups is 1. The molecule has 42 heavy (non-hydrogen) atoms. The average molecular weight is 615 g/mol. The van der Waals surface area contributed by atoms with E-state index in [2.05, 4.69) is 15.0 Å². The van der Waals surface area contributed by atoms with E-state index in [1.54, 1.807) is 13.8 Å². The first-order valence-corrected chi connectivity index (χ1v) is 14.3. The lowest BCUT2D eigenvalue weighted by atomic mass is 9.96. The van der Waals surface area contributed by atoms with E-state index in [-0.39, 0.29) is 41.6 Å². The van der Waals surface area contributed by atoms with Crippen molar-refractivity contribution in [2.45, 2.75) is 56.6 Å². The van der Waals surface area contributed by atoms with Crippen LogP contribution in [0.1, 0.15) is 43.7 Å². The molecule has 18 heteroatoms. The fourth-order valence-corrected chi connectivity index (χ4v) is 6.55. The van der Waals surface area contributed by atoms with Crippen molar-refractivity contribution >= 4 is 31.1 Å². The maximum absolute atomic E-state index is 13.4. The Morgan fingerprint density at radius 2 is 2.10 bits per heavy atom. The minimum atomic E-state index is -4.56. The number of phosphoric acid groups is 1. The van der Waals surface area contributed by atoms with E-state index in [1.807, 2.05) is 0 Å². The van der Waals surface area contributed by atoms with E-state index in [0.29, 0.717) is 6.61 Å². The highest BCUT2D eigenvalue weighted by molar-refractivity contribution is 7.48.